The molecule has 8 nitrogen and oxygen atoms in total. The van der Waals surface area contributed by atoms with Crippen LogP contribution in [0.4, 0.5) is 0 Å². The number of fused-ring (bicyclic) bond motifs is 3. The maximum absolute atomic E-state index is 13.1. The molecule has 1 aromatic heterocycles. The van der Waals surface area contributed by atoms with Crippen molar-refractivity contribution in [3.05, 3.63) is 30.1 Å². The van der Waals surface area contributed by atoms with Gasteiger partial charge < -0.3 is 19.3 Å². The molecule has 152 valence electrons. The van der Waals surface area contributed by atoms with E-state index in [1.165, 1.54) is 0 Å². The van der Waals surface area contributed by atoms with Gasteiger partial charge in [-0.05, 0) is 43.9 Å². The third-order valence-electron chi connectivity index (χ3n) is 5.58. The topological polar surface area (TPSA) is 102 Å². The molecule has 3 heterocycles. The van der Waals surface area contributed by atoms with Crippen molar-refractivity contribution in [3.8, 4) is 0 Å². The van der Waals surface area contributed by atoms with Crippen LogP contribution in [0, 0.1) is 0 Å². The first-order valence-electron chi connectivity index (χ1n) is 9.53. The van der Waals surface area contributed by atoms with Crippen molar-refractivity contribution in [1.29, 1.82) is 0 Å². The lowest BCUT2D eigenvalue weighted by Crippen LogP contribution is -2.48. The number of hydrogen-bond donors (Lipinski definition) is 1. The molecule has 1 aromatic carbocycles. The molecule has 1 N–H and O–H groups in total. The lowest BCUT2D eigenvalue weighted by molar-refractivity contribution is 0.0287. The molecule has 2 aliphatic rings. The Labute approximate surface area is 164 Å². The second-order valence-corrected chi connectivity index (χ2v) is 9.90. The number of carbonyl (C=O) groups is 1. The summed E-state index contributed by atoms with van der Waals surface area (Å²) in [6.07, 6.45) is 5.73. The Kier molecular flexibility index (Phi) is 5.15. The lowest BCUT2D eigenvalue weighted by Gasteiger charge is -2.37. The second kappa shape index (κ2) is 7.46. The summed E-state index contributed by atoms with van der Waals surface area (Å²) in [7, 11) is -3.15. The third kappa shape index (κ3) is 3.92. The Morgan fingerprint density at radius 3 is 2.68 bits per heavy atom. The molecular weight excluding hydrogens is 382 g/mol. The summed E-state index contributed by atoms with van der Waals surface area (Å²) >= 11 is 0. The summed E-state index contributed by atoms with van der Waals surface area (Å²) in [4.78, 5) is 19.4. The maximum Gasteiger partial charge on any atom is 0.254 e. The Morgan fingerprint density at radius 1 is 1.29 bits per heavy atom. The van der Waals surface area contributed by atoms with Gasteiger partial charge in [-0.3, -0.25) is 4.79 Å². The van der Waals surface area contributed by atoms with E-state index in [-0.39, 0.29) is 36.6 Å². The number of aromatic nitrogens is 2. The van der Waals surface area contributed by atoms with Gasteiger partial charge in [0.2, 0.25) is 0 Å². The lowest BCUT2D eigenvalue weighted by atomic mass is 9.98. The normalized spacial score (nSPS) is 24.8. The van der Waals surface area contributed by atoms with Gasteiger partial charge in [0.25, 0.3) is 5.91 Å². The molecule has 2 fully saturated rings. The van der Waals surface area contributed by atoms with Gasteiger partial charge in [-0.15, -0.1) is 0 Å². The Hall–Kier alpha value is -1.97. The first kappa shape index (κ1) is 19.4. The van der Waals surface area contributed by atoms with E-state index < -0.39 is 9.84 Å². The van der Waals surface area contributed by atoms with E-state index in [0.29, 0.717) is 24.9 Å². The monoisotopic (exact) mass is 407 g/mol. The molecule has 2 bridgehead atoms. The van der Waals surface area contributed by atoms with Gasteiger partial charge in [-0.2, -0.15) is 0 Å². The molecular formula is C19H25N3O5S. The zero-order valence-corrected chi connectivity index (χ0v) is 16.6. The van der Waals surface area contributed by atoms with E-state index in [2.05, 4.69) is 4.98 Å². The van der Waals surface area contributed by atoms with Gasteiger partial charge in [-0.1, -0.05) is 0 Å². The number of piperidine rings is 1. The van der Waals surface area contributed by atoms with Crippen LogP contribution >= 0.6 is 0 Å². The fraction of sp³-hybridized carbons (Fsp3) is 0.579. The molecule has 2 atom stereocenters. The Morgan fingerprint density at radius 2 is 2.00 bits per heavy atom. The van der Waals surface area contributed by atoms with Crippen LogP contribution in [-0.4, -0.2) is 70.9 Å². The third-order valence-corrected chi connectivity index (χ3v) is 6.18. The molecule has 0 saturated carbocycles. The van der Waals surface area contributed by atoms with Gasteiger partial charge in [0.05, 0.1) is 30.1 Å². The quantitative estimate of drug-likeness (QED) is 0.722. The van der Waals surface area contributed by atoms with Crippen molar-refractivity contribution in [3.63, 3.8) is 0 Å². The fourth-order valence-electron chi connectivity index (χ4n) is 4.38. The predicted octanol–water partition coefficient (Wildman–Crippen LogP) is 1.18. The summed E-state index contributed by atoms with van der Waals surface area (Å²) < 4.78 is 29.3. The van der Waals surface area contributed by atoms with E-state index in [9.17, 15) is 18.3 Å². The van der Waals surface area contributed by atoms with E-state index in [1.54, 1.807) is 12.4 Å². The minimum Gasteiger partial charge on any atom is -0.393 e. The van der Waals surface area contributed by atoms with E-state index in [4.69, 9.17) is 4.74 Å². The number of aliphatic hydroxyl groups excluding tert-OH is 1. The van der Waals surface area contributed by atoms with Crippen LogP contribution in [0.5, 0.6) is 0 Å². The number of aliphatic hydroxyl groups is 1. The van der Waals surface area contributed by atoms with Crippen molar-refractivity contribution < 1.29 is 23.1 Å². The molecule has 0 spiro atoms. The van der Waals surface area contributed by atoms with Crippen molar-refractivity contribution in [2.24, 2.45) is 0 Å². The molecule has 0 aliphatic carbocycles. The molecule has 2 aromatic rings. The van der Waals surface area contributed by atoms with Gasteiger partial charge in [0.1, 0.15) is 5.94 Å². The predicted molar refractivity (Wildman–Crippen MR) is 104 cm³/mol. The molecule has 28 heavy (non-hydrogen) atoms. The number of sulfone groups is 1. The number of imidazole rings is 1. The standard InChI is InChI=1S/C19H25N3O5S/c1-28(25,26)12-27-7-6-21-11-20-17-8-13(2-5-18(17)21)19(24)22-14-3-4-15(22)10-16(23)9-14/h2,5,8,11,14-16,23H,3-4,6-7,9-10,12H2,1H3. The first-order valence-corrected chi connectivity index (χ1v) is 11.6. The zero-order valence-electron chi connectivity index (χ0n) is 15.8. The highest BCUT2D eigenvalue weighted by Crippen LogP contribution is 2.37. The molecule has 2 aliphatic heterocycles. The number of carbonyl (C=O) groups excluding carboxylic acids is 1. The number of benzene rings is 1. The van der Waals surface area contributed by atoms with Gasteiger partial charge >= 0.3 is 0 Å². The molecule has 2 saturated heterocycles. The number of nitrogens with zero attached hydrogens (tertiary/aromatic N) is 3. The minimum atomic E-state index is -3.15. The SMILES string of the molecule is CS(=O)(=O)COCCn1cnc2cc(C(=O)N3C4CCC3CC(O)C4)ccc21. The number of rotatable bonds is 6. The largest absolute Gasteiger partial charge is 0.393 e. The van der Waals surface area contributed by atoms with Crippen molar-refractivity contribution in [2.45, 2.75) is 50.4 Å². The van der Waals surface area contributed by atoms with Crippen molar-refractivity contribution in [1.82, 2.24) is 14.5 Å². The molecule has 1 amide bonds. The highest BCUT2D eigenvalue weighted by molar-refractivity contribution is 7.90. The van der Waals surface area contributed by atoms with Gasteiger partial charge in [-0.25, -0.2) is 13.4 Å². The summed E-state index contributed by atoms with van der Waals surface area (Å²) in [6, 6.07) is 5.73. The van der Waals surface area contributed by atoms with Crippen LogP contribution < -0.4 is 0 Å². The smallest absolute Gasteiger partial charge is 0.254 e. The Bertz CT molecular complexity index is 973. The zero-order chi connectivity index (χ0) is 19.9. The highest BCUT2D eigenvalue weighted by atomic mass is 32.2. The number of hydrogen-bond acceptors (Lipinski definition) is 6. The van der Waals surface area contributed by atoms with Crippen molar-refractivity contribution >= 4 is 26.8 Å². The first-order chi connectivity index (χ1) is 13.3. The fourth-order valence-corrected chi connectivity index (χ4v) is 4.80. The summed E-state index contributed by atoms with van der Waals surface area (Å²) in [5.41, 5.74) is 2.20. The van der Waals surface area contributed by atoms with Crippen LogP contribution in [0.25, 0.3) is 11.0 Å². The molecule has 4 rings (SSSR count). The molecule has 0 radical (unpaired) electrons. The number of ether oxygens (including phenoxy) is 1. The van der Waals surface area contributed by atoms with Crippen LogP contribution in [0.1, 0.15) is 36.0 Å². The van der Waals surface area contributed by atoms with E-state index in [1.807, 2.05) is 21.6 Å². The maximum atomic E-state index is 13.1. The molecule has 9 heteroatoms. The second-order valence-electron chi connectivity index (χ2n) is 7.82. The summed E-state index contributed by atoms with van der Waals surface area (Å²) in [5, 5.41) is 9.94. The molecule has 2 unspecified atom stereocenters. The van der Waals surface area contributed by atoms with Crippen LogP contribution in [0.15, 0.2) is 24.5 Å². The van der Waals surface area contributed by atoms with Crippen LogP contribution in [0.3, 0.4) is 0 Å². The van der Waals surface area contributed by atoms with E-state index >= 15 is 0 Å². The number of amides is 1. The Balaban J connectivity index is 1.46. The average molecular weight is 407 g/mol. The highest BCUT2D eigenvalue weighted by Gasteiger charge is 2.42. The summed E-state index contributed by atoms with van der Waals surface area (Å²) in [5.74, 6) is -0.294. The van der Waals surface area contributed by atoms with Crippen LogP contribution in [-0.2, 0) is 21.1 Å². The summed E-state index contributed by atoms with van der Waals surface area (Å²) in [6.45, 7) is 0.742. The van der Waals surface area contributed by atoms with Gasteiger partial charge in [0, 0.05) is 30.4 Å². The van der Waals surface area contributed by atoms with E-state index in [0.717, 1.165) is 30.1 Å². The minimum absolute atomic E-state index is 0.00679. The van der Waals surface area contributed by atoms with Crippen LogP contribution in [0.2, 0.25) is 0 Å². The van der Waals surface area contributed by atoms with Crippen molar-refractivity contribution in [2.75, 3.05) is 18.8 Å². The average Bonchev–Trinajstić information content (AvgIpc) is 3.15. The van der Waals surface area contributed by atoms with Gasteiger partial charge in [0.15, 0.2) is 9.84 Å².